The van der Waals surface area contributed by atoms with Gasteiger partial charge in [0, 0.05) is 23.7 Å². The second kappa shape index (κ2) is 7.73. The quantitative estimate of drug-likeness (QED) is 0.810. The van der Waals surface area contributed by atoms with Crippen LogP contribution in [0, 0.1) is 23.7 Å². The smallest absolute Gasteiger partial charge is 0.382 e. The number of aliphatic carboxylic acids is 1. The van der Waals surface area contributed by atoms with Crippen molar-refractivity contribution in [2.24, 2.45) is 11.8 Å². The molecule has 3 heteroatoms. The largest absolute Gasteiger partial charge is 0.472 e. The zero-order valence-corrected chi connectivity index (χ0v) is 12.6. The fraction of sp³-hybridized carbons (Fsp3) is 0.500. The average Bonchev–Trinajstić information content (AvgIpc) is 3.01. The van der Waals surface area contributed by atoms with Crippen LogP contribution in [-0.4, -0.2) is 17.6 Å². The first-order chi connectivity index (χ1) is 10.2. The second-order valence-corrected chi connectivity index (χ2v) is 5.73. The van der Waals surface area contributed by atoms with Gasteiger partial charge in [0.2, 0.25) is 0 Å². The summed E-state index contributed by atoms with van der Waals surface area (Å²) in [5.41, 5.74) is 1.80. The van der Waals surface area contributed by atoms with E-state index < -0.39 is 5.97 Å². The van der Waals surface area contributed by atoms with E-state index in [9.17, 15) is 4.79 Å². The van der Waals surface area contributed by atoms with Gasteiger partial charge < -0.3 is 10.4 Å². The van der Waals surface area contributed by atoms with Crippen molar-refractivity contribution in [3.63, 3.8) is 0 Å². The van der Waals surface area contributed by atoms with E-state index in [1.807, 2.05) is 24.3 Å². The Morgan fingerprint density at radius 1 is 1.33 bits per heavy atom. The van der Waals surface area contributed by atoms with Crippen LogP contribution < -0.4 is 5.32 Å². The highest BCUT2D eigenvalue weighted by atomic mass is 16.4. The number of carboxylic acids is 1. The van der Waals surface area contributed by atoms with Gasteiger partial charge in [-0.25, -0.2) is 4.79 Å². The molecular weight excluding hydrogens is 262 g/mol. The molecule has 3 nitrogen and oxygen atoms in total. The monoisotopic (exact) mass is 285 g/mol. The van der Waals surface area contributed by atoms with Crippen molar-refractivity contribution < 1.29 is 9.90 Å². The maximum absolute atomic E-state index is 10.4. The SMILES string of the molecule is CCC(CNc1ccc(C#CC(=O)O)cc1)C1CCCC1. The lowest BCUT2D eigenvalue weighted by Crippen LogP contribution is -2.20. The van der Waals surface area contributed by atoms with Crippen molar-refractivity contribution in [1.29, 1.82) is 0 Å². The summed E-state index contributed by atoms with van der Waals surface area (Å²) in [6, 6.07) is 7.64. The van der Waals surface area contributed by atoms with Gasteiger partial charge in [0.15, 0.2) is 0 Å². The molecule has 112 valence electrons. The number of carboxylic acid groups (broad SMARTS) is 1. The third-order valence-corrected chi connectivity index (χ3v) is 4.36. The Bertz CT molecular complexity index is 518. The van der Waals surface area contributed by atoms with Crippen LogP contribution in [-0.2, 0) is 4.79 Å². The molecule has 0 aliphatic heterocycles. The minimum absolute atomic E-state index is 0.728. The van der Waals surface area contributed by atoms with Gasteiger partial charge in [0.05, 0.1) is 0 Å². The number of anilines is 1. The number of nitrogens with one attached hydrogen (secondary N) is 1. The summed E-state index contributed by atoms with van der Waals surface area (Å²) >= 11 is 0. The Balaban J connectivity index is 1.88. The van der Waals surface area contributed by atoms with E-state index >= 15 is 0 Å². The van der Waals surface area contributed by atoms with Gasteiger partial charge in [-0.1, -0.05) is 44.9 Å². The van der Waals surface area contributed by atoms with E-state index in [0.29, 0.717) is 0 Å². The molecule has 1 saturated carbocycles. The Hall–Kier alpha value is -1.95. The molecule has 0 bridgehead atoms. The molecule has 1 aliphatic carbocycles. The highest BCUT2D eigenvalue weighted by Crippen LogP contribution is 2.33. The summed E-state index contributed by atoms with van der Waals surface area (Å²) in [6.45, 7) is 3.29. The molecule has 0 heterocycles. The summed E-state index contributed by atoms with van der Waals surface area (Å²) < 4.78 is 0. The molecule has 0 radical (unpaired) electrons. The van der Waals surface area contributed by atoms with Crippen LogP contribution >= 0.6 is 0 Å². The van der Waals surface area contributed by atoms with Crippen molar-refractivity contribution in [1.82, 2.24) is 0 Å². The zero-order chi connectivity index (χ0) is 15.1. The van der Waals surface area contributed by atoms with Crippen LogP contribution in [0.3, 0.4) is 0 Å². The summed E-state index contributed by atoms with van der Waals surface area (Å²) in [7, 11) is 0. The van der Waals surface area contributed by atoms with E-state index in [4.69, 9.17) is 5.11 Å². The molecule has 1 aromatic carbocycles. The first-order valence-corrected chi connectivity index (χ1v) is 7.78. The lowest BCUT2D eigenvalue weighted by molar-refractivity contribution is -0.130. The number of carbonyl (C=O) groups is 1. The molecule has 1 fully saturated rings. The molecule has 1 aliphatic rings. The predicted octanol–water partition coefficient (Wildman–Crippen LogP) is 3.75. The van der Waals surface area contributed by atoms with Crippen LogP contribution in [0.5, 0.6) is 0 Å². The van der Waals surface area contributed by atoms with Crippen LogP contribution in [0.15, 0.2) is 24.3 Å². The van der Waals surface area contributed by atoms with Gasteiger partial charge >= 0.3 is 5.97 Å². The molecule has 0 aromatic heterocycles. The number of rotatable bonds is 5. The van der Waals surface area contributed by atoms with E-state index in [1.165, 1.54) is 32.1 Å². The summed E-state index contributed by atoms with van der Waals surface area (Å²) in [5.74, 6) is 5.27. The van der Waals surface area contributed by atoms with Gasteiger partial charge in [-0.2, -0.15) is 0 Å². The fourth-order valence-electron chi connectivity index (χ4n) is 3.12. The van der Waals surface area contributed by atoms with Crippen LogP contribution in [0.4, 0.5) is 5.69 Å². The third kappa shape index (κ3) is 4.82. The Kier molecular flexibility index (Phi) is 5.68. The average molecular weight is 285 g/mol. The number of hydrogen-bond donors (Lipinski definition) is 2. The molecule has 1 aromatic rings. The van der Waals surface area contributed by atoms with Crippen LogP contribution in [0.1, 0.15) is 44.6 Å². The van der Waals surface area contributed by atoms with Crippen molar-refractivity contribution in [3.05, 3.63) is 29.8 Å². The topological polar surface area (TPSA) is 49.3 Å². The van der Waals surface area contributed by atoms with Gasteiger partial charge in [-0.15, -0.1) is 0 Å². The van der Waals surface area contributed by atoms with Gasteiger partial charge in [0.1, 0.15) is 0 Å². The van der Waals surface area contributed by atoms with E-state index in [2.05, 4.69) is 24.1 Å². The molecule has 21 heavy (non-hydrogen) atoms. The van der Waals surface area contributed by atoms with Crippen LogP contribution in [0.2, 0.25) is 0 Å². The van der Waals surface area contributed by atoms with E-state index in [0.717, 1.165) is 29.6 Å². The molecule has 2 N–H and O–H groups in total. The van der Waals surface area contributed by atoms with E-state index in [-0.39, 0.29) is 0 Å². The molecule has 0 spiro atoms. The van der Waals surface area contributed by atoms with Crippen molar-refractivity contribution in [3.8, 4) is 11.8 Å². The molecule has 1 atom stereocenters. The van der Waals surface area contributed by atoms with Gasteiger partial charge in [-0.3, -0.25) is 0 Å². The maximum Gasteiger partial charge on any atom is 0.382 e. The lowest BCUT2D eigenvalue weighted by atomic mass is 9.88. The summed E-state index contributed by atoms with van der Waals surface area (Å²) in [4.78, 5) is 10.4. The van der Waals surface area contributed by atoms with Crippen molar-refractivity contribution >= 4 is 11.7 Å². The highest BCUT2D eigenvalue weighted by Gasteiger charge is 2.23. The molecule has 0 saturated heterocycles. The fourth-order valence-corrected chi connectivity index (χ4v) is 3.12. The molecule has 2 rings (SSSR count). The van der Waals surface area contributed by atoms with E-state index in [1.54, 1.807) is 0 Å². The second-order valence-electron chi connectivity index (χ2n) is 5.73. The minimum atomic E-state index is -1.10. The first-order valence-electron chi connectivity index (χ1n) is 7.78. The summed E-state index contributed by atoms with van der Waals surface area (Å²) in [5, 5.41) is 12.0. The molecule has 1 unspecified atom stereocenters. The zero-order valence-electron chi connectivity index (χ0n) is 12.6. The number of hydrogen-bond acceptors (Lipinski definition) is 2. The Morgan fingerprint density at radius 3 is 2.57 bits per heavy atom. The Morgan fingerprint density at radius 2 is 2.00 bits per heavy atom. The predicted molar refractivity (Wildman–Crippen MR) is 85.2 cm³/mol. The third-order valence-electron chi connectivity index (χ3n) is 4.36. The standard InChI is InChI=1S/C18H23NO2/c1-2-15(16-5-3-4-6-16)13-19-17-10-7-14(8-11-17)9-12-18(20)21/h7-8,10-11,15-16,19H,2-6,13H2,1H3,(H,20,21). The minimum Gasteiger partial charge on any atom is -0.472 e. The van der Waals surface area contributed by atoms with Gasteiger partial charge in [-0.05, 0) is 36.1 Å². The van der Waals surface area contributed by atoms with Gasteiger partial charge in [0.25, 0.3) is 0 Å². The normalized spacial score (nSPS) is 16.0. The summed E-state index contributed by atoms with van der Waals surface area (Å²) in [6.07, 6.45) is 6.75. The molecular formula is C18H23NO2. The van der Waals surface area contributed by atoms with Crippen LogP contribution in [0.25, 0.3) is 0 Å². The maximum atomic E-state index is 10.4. The number of benzene rings is 1. The van der Waals surface area contributed by atoms with Crippen molar-refractivity contribution in [2.75, 3.05) is 11.9 Å². The molecule has 0 amide bonds. The highest BCUT2D eigenvalue weighted by molar-refractivity contribution is 5.87. The van der Waals surface area contributed by atoms with Crippen molar-refractivity contribution in [2.45, 2.75) is 39.0 Å². The lowest BCUT2D eigenvalue weighted by Gasteiger charge is -2.22. The Labute approximate surface area is 126 Å². The first kappa shape index (κ1) is 15.4.